The van der Waals surface area contributed by atoms with Crippen LogP contribution >= 0.6 is 0 Å². The molecule has 1 aromatic heterocycles. The predicted octanol–water partition coefficient (Wildman–Crippen LogP) is 5.03. The van der Waals surface area contributed by atoms with Crippen LogP contribution in [0.2, 0.25) is 0 Å². The van der Waals surface area contributed by atoms with Crippen LogP contribution < -0.4 is 10.1 Å². The van der Waals surface area contributed by atoms with Crippen LogP contribution in [0.15, 0.2) is 72.9 Å². The quantitative estimate of drug-likeness (QED) is 0.348. The second-order valence-corrected chi connectivity index (χ2v) is 7.49. The van der Waals surface area contributed by atoms with Gasteiger partial charge in [-0.25, -0.2) is 4.79 Å². The number of aromatic nitrogens is 1. The highest BCUT2D eigenvalue weighted by atomic mass is 16.5. The van der Waals surface area contributed by atoms with Gasteiger partial charge in [-0.15, -0.1) is 0 Å². The maximum atomic E-state index is 12.7. The molecule has 0 saturated carbocycles. The lowest BCUT2D eigenvalue weighted by atomic mass is 10.0. The Labute approximate surface area is 184 Å². The van der Waals surface area contributed by atoms with Crippen LogP contribution in [0.25, 0.3) is 22.6 Å². The van der Waals surface area contributed by atoms with Crippen LogP contribution in [0.5, 0.6) is 5.75 Å². The molecule has 6 nitrogen and oxygen atoms in total. The van der Waals surface area contributed by atoms with Gasteiger partial charge in [0.15, 0.2) is 0 Å². The molecule has 1 aliphatic rings. The van der Waals surface area contributed by atoms with Crippen molar-refractivity contribution in [2.75, 3.05) is 12.4 Å². The number of hydrogen-bond acceptors (Lipinski definition) is 4. The minimum absolute atomic E-state index is 0.188. The molecule has 6 heteroatoms. The molecule has 0 atom stereocenters. The second-order valence-electron chi connectivity index (χ2n) is 7.49. The normalized spacial score (nSPS) is 13.8. The lowest BCUT2D eigenvalue weighted by Gasteiger charge is -2.07. The first kappa shape index (κ1) is 19.6. The Hall–Kier alpha value is -4.32. The molecule has 4 aromatic rings. The third-order valence-electron chi connectivity index (χ3n) is 5.47. The lowest BCUT2D eigenvalue weighted by Crippen LogP contribution is -2.05. The summed E-state index contributed by atoms with van der Waals surface area (Å²) in [5.74, 6) is 0.0794. The summed E-state index contributed by atoms with van der Waals surface area (Å²) in [4.78, 5) is 28.5. The largest absolute Gasteiger partial charge is 0.497 e. The van der Waals surface area contributed by atoms with Crippen LogP contribution in [0.1, 0.15) is 27.0 Å². The number of amides is 1. The summed E-state index contributed by atoms with van der Waals surface area (Å²) in [6.07, 6.45) is 3.67. The lowest BCUT2D eigenvalue weighted by molar-refractivity contribution is -0.110. The van der Waals surface area contributed by atoms with Gasteiger partial charge in [-0.3, -0.25) is 4.79 Å². The average Bonchev–Trinajstić information content (AvgIpc) is 3.37. The standard InChI is InChI=1S/C26H20N2O4/c1-31-19-8-10-23-20(13-19)18(14-27-23)12-22-21-11-17(7-9-24(21)28-25(22)29)26(30)32-15-16-5-3-2-4-6-16/h2-14,27H,15H2,1H3,(H,28,29). The Morgan fingerprint density at radius 2 is 1.88 bits per heavy atom. The van der Waals surface area contributed by atoms with Gasteiger partial charge in [0.1, 0.15) is 12.4 Å². The molecule has 0 radical (unpaired) electrons. The molecule has 2 heterocycles. The molecule has 1 aliphatic heterocycles. The average molecular weight is 424 g/mol. The number of benzene rings is 3. The summed E-state index contributed by atoms with van der Waals surface area (Å²) in [5.41, 5.74) is 4.92. The fraction of sp³-hybridized carbons (Fsp3) is 0.0769. The molecule has 0 spiro atoms. The smallest absolute Gasteiger partial charge is 0.338 e. The van der Waals surface area contributed by atoms with Crippen LogP contribution in [0.3, 0.4) is 0 Å². The van der Waals surface area contributed by atoms with E-state index in [-0.39, 0.29) is 12.5 Å². The Morgan fingerprint density at radius 1 is 1.03 bits per heavy atom. The van der Waals surface area contributed by atoms with Crippen molar-refractivity contribution < 1.29 is 19.1 Å². The number of anilines is 1. The number of H-pyrrole nitrogens is 1. The first-order valence-electron chi connectivity index (χ1n) is 10.2. The predicted molar refractivity (Wildman–Crippen MR) is 123 cm³/mol. The topological polar surface area (TPSA) is 80.4 Å². The van der Waals surface area contributed by atoms with E-state index in [9.17, 15) is 9.59 Å². The van der Waals surface area contributed by atoms with Gasteiger partial charge in [0.25, 0.3) is 5.91 Å². The number of esters is 1. The summed E-state index contributed by atoms with van der Waals surface area (Å²) in [6.45, 7) is 0.188. The molecule has 158 valence electrons. The van der Waals surface area contributed by atoms with E-state index in [1.165, 1.54) is 0 Å². The van der Waals surface area contributed by atoms with E-state index in [0.29, 0.717) is 22.4 Å². The van der Waals surface area contributed by atoms with E-state index >= 15 is 0 Å². The first-order chi connectivity index (χ1) is 15.6. The molecule has 1 amide bonds. The molecule has 2 N–H and O–H groups in total. The highest BCUT2D eigenvalue weighted by Gasteiger charge is 2.26. The molecular formula is C26H20N2O4. The van der Waals surface area contributed by atoms with E-state index in [0.717, 1.165) is 27.8 Å². The number of ether oxygens (including phenoxy) is 2. The molecule has 0 bridgehead atoms. The minimum Gasteiger partial charge on any atom is -0.497 e. The summed E-state index contributed by atoms with van der Waals surface area (Å²) in [5, 5.41) is 3.80. The van der Waals surface area contributed by atoms with Crippen molar-refractivity contribution in [3.63, 3.8) is 0 Å². The number of rotatable bonds is 5. The molecule has 0 fully saturated rings. The highest BCUT2D eigenvalue weighted by molar-refractivity contribution is 6.35. The molecule has 0 unspecified atom stereocenters. The zero-order valence-electron chi connectivity index (χ0n) is 17.3. The number of carbonyl (C=O) groups excluding carboxylic acids is 2. The third kappa shape index (κ3) is 3.63. The van der Waals surface area contributed by atoms with E-state index in [2.05, 4.69) is 10.3 Å². The van der Waals surface area contributed by atoms with Gasteiger partial charge >= 0.3 is 5.97 Å². The van der Waals surface area contributed by atoms with Crippen LogP contribution in [-0.2, 0) is 16.1 Å². The zero-order chi connectivity index (χ0) is 22.1. The maximum absolute atomic E-state index is 12.7. The Kier molecular flexibility index (Phi) is 4.95. The van der Waals surface area contributed by atoms with Gasteiger partial charge in [-0.1, -0.05) is 30.3 Å². The van der Waals surface area contributed by atoms with Gasteiger partial charge in [0, 0.05) is 39.5 Å². The monoisotopic (exact) mass is 424 g/mol. The van der Waals surface area contributed by atoms with Gasteiger partial charge < -0.3 is 19.8 Å². The fourth-order valence-electron chi connectivity index (χ4n) is 3.79. The van der Waals surface area contributed by atoms with Crippen LogP contribution in [-0.4, -0.2) is 24.0 Å². The SMILES string of the molecule is COc1ccc2[nH]cc(C=C3C(=O)Nc4ccc(C(=O)OCc5ccccc5)cc43)c2c1. The number of aromatic amines is 1. The third-order valence-corrected chi connectivity index (χ3v) is 5.47. The van der Waals surface area contributed by atoms with Gasteiger partial charge in [0.05, 0.1) is 12.7 Å². The van der Waals surface area contributed by atoms with Crippen molar-refractivity contribution >= 4 is 40.1 Å². The molecular weight excluding hydrogens is 404 g/mol. The molecule has 0 aliphatic carbocycles. The summed E-state index contributed by atoms with van der Waals surface area (Å²) in [6, 6.07) is 20.3. The summed E-state index contributed by atoms with van der Waals surface area (Å²) >= 11 is 0. The van der Waals surface area contributed by atoms with E-state index in [4.69, 9.17) is 9.47 Å². The van der Waals surface area contributed by atoms with Crippen molar-refractivity contribution in [2.45, 2.75) is 6.61 Å². The van der Waals surface area contributed by atoms with Crippen molar-refractivity contribution in [1.82, 2.24) is 4.98 Å². The van der Waals surface area contributed by atoms with Crippen molar-refractivity contribution in [2.24, 2.45) is 0 Å². The van der Waals surface area contributed by atoms with Gasteiger partial charge in [-0.05, 0) is 48.0 Å². The van der Waals surface area contributed by atoms with Gasteiger partial charge in [-0.2, -0.15) is 0 Å². The summed E-state index contributed by atoms with van der Waals surface area (Å²) in [7, 11) is 1.62. The number of nitrogens with one attached hydrogen (secondary N) is 2. The Bertz CT molecular complexity index is 1370. The van der Waals surface area contributed by atoms with E-state index < -0.39 is 5.97 Å². The molecule has 0 saturated heterocycles. The van der Waals surface area contributed by atoms with Crippen molar-refractivity contribution in [1.29, 1.82) is 0 Å². The zero-order valence-corrected chi connectivity index (χ0v) is 17.3. The molecule has 5 rings (SSSR count). The molecule has 3 aromatic carbocycles. The van der Waals surface area contributed by atoms with E-state index in [1.54, 1.807) is 25.3 Å². The van der Waals surface area contributed by atoms with E-state index in [1.807, 2.05) is 60.8 Å². The number of hydrogen-bond donors (Lipinski definition) is 2. The number of methoxy groups -OCH3 is 1. The summed E-state index contributed by atoms with van der Waals surface area (Å²) < 4.78 is 10.8. The van der Waals surface area contributed by atoms with Crippen molar-refractivity contribution in [3.05, 3.63) is 95.2 Å². The molecule has 32 heavy (non-hydrogen) atoms. The maximum Gasteiger partial charge on any atom is 0.338 e. The Balaban J connectivity index is 1.46. The highest BCUT2D eigenvalue weighted by Crippen LogP contribution is 2.35. The van der Waals surface area contributed by atoms with Gasteiger partial charge in [0.2, 0.25) is 0 Å². The minimum atomic E-state index is -0.438. The first-order valence-corrected chi connectivity index (χ1v) is 10.2. The fourth-order valence-corrected chi connectivity index (χ4v) is 3.79. The van der Waals surface area contributed by atoms with Crippen LogP contribution in [0.4, 0.5) is 5.69 Å². The van der Waals surface area contributed by atoms with Crippen LogP contribution in [0, 0.1) is 0 Å². The number of carbonyl (C=O) groups is 2. The number of fused-ring (bicyclic) bond motifs is 2. The Morgan fingerprint density at radius 3 is 2.69 bits per heavy atom. The second kappa shape index (κ2) is 8.07. The van der Waals surface area contributed by atoms with Crippen molar-refractivity contribution in [3.8, 4) is 5.75 Å².